The third kappa shape index (κ3) is 7.02. The number of benzene rings is 2. The van der Waals surface area contributed by atoms with Crippen molar-refractivity contribution in [1.29, 1.82) is 0 Å². The summed E-state index contributed by atoms with van der Waals surface area (Å²) in [5, 5.41) is 17.9. The number of fused-ring (bicyclic) bond motifs is 3. The molecule has 1 fully saturated rings. The van der Waals surface area contributed by atoms with E-state index in [4.69, 9.17) is 28.2 Å². The Hall–Kier alpha value is -5.06. The van der Waals surface area contributed by atoms with Crippen LogP contribution in [0.25, 0.3) is 17.2 Å². The molecule has 3 aromatic heterocycles. The number of rotatable bonds is 7. The number of hydrogen-bond donors (Lipinski definition) is 2. The summed E-state index contributed by atoms with van der Waals surface area (Å²) in [4.78, 5) is 58.0. The van der Waals surface area contributed by atoms with Gasteiger partial charge in [0, 0.05) is 46.9 Å². The van der Waals surface area contributed by atoms with Gasteiger partial charge in [0.1, 0.15) is 12.9 Å². The number of nitrogens with one attached hydrogen (secondary N) is 1. The lowest BCUT2D eigenvalue weighted by Gasteiger charge is -2.39. The maximum Gasteiger partial charge on any atom is 0.416 e. The second-order valence-electron chi connectivity index (χ2n) is 14.4. The van der Waals surface area contributed by atoms with Gasteiger partial charge in [-0.3, -0.25) is 14.4 Å². The summed E-state index contributed by atoms with van der Waals surface area (Å²) in [5.74, 6) is -1.32. The number of likely N-dealkylation sites (tertiary alicyclic amines) is 1. The Labute approximate surface area is 322 Å². The number of carbonyl (C=O) groups is 2. The molecule has 2 N–H and O–H groups in total. The van der Waals surface area contributed by atoms with E-state index in [1.54, 1.807) is 28.5 Å². The highest BCUT2D eigenvalue weighted by Gasteiger charge is 2.49. The molecule has 1 aliphatic heterocycles. The molecule has 0 unspecified atom stereocenters. The topological polar surface area (TPSA) is 151 Å². The quantitative estimate of drug-likeness (QED) is 0.200. The van der Waals surface area contributed by atoms with E-state index in [1.807, 2.05) is 32.0 Å². The summed E-state index contributed by atoms with van der Waals surface area (Å²) in [6.45, 7) is 4.27. The number of anilines is 1. The molecular formula is C37H36Cl2F3N9O4. The van der Waals surface area contributed by atoms with E-state index in [-0.39, 0.29) is 65.0 Å². The van der Waals surface area contributed by atoms with Gasteiger partial charge in [0.25, 0.3) is 11.5 Å². The van der Waals surface area contributed by atoms with E-state index in [0.717, 1.165) is 23.8 Å². The Morgan fingerprint density at radius 3 is 2.45 bits per heavy atom. The summed E-state index contributed by atoms with van der Waals surface area (Å²) >= 11 is 12.8. The fourth-order valence-electron chi connectivity index (χ4n) is 7.79. The van der Waals surface area contributed by atoms with E-state index in [9.17, 15) is 32.7 Å². The lowest BCUT2D eigenvalue weighted by Crippen LogP contribution is -2.46. The number of alkyl halides is 3. The summed E-state index contributed by atoms with van der Waals surface area (Å²) in [5.41, 5.74) is 0.545. The van der Waals surface area contributed by atoms with E-state index in [0.29, 0.717) is 47.7 Å². The van der Waals surface area contributed by atoms with Crippen LogP contribution < -0.4 is 10.9 Å². The number of halogens is 5. The smallest absolute Gasteiger partial charge is 0.416 e. The molecule has 4 heterocycles. The van der Waals surface area contributed by atoms with Gasteiger partial charge in [0.15, 0.2) is 17.3 Å². The van der Waals surface area contributed by atoms with Crippen LogP contribution in [0.15, 0.2) is 47.5 Å². The SMILES string of the molecule is Cc1ncnc(C(=O)N2CCC3(CC2)C[C@H](C)c2c3c(=O)n3nc(-c4ccc(CN(C)C)c(Cl)c4)nc3n2CC(=O)Nc2ccc(C(F)(F)F)cc2Cl)c1O. The molecule has 1 spiro atoms. The van der Waals surface area contributed by atoms with Crippen molar-refractivity contribution in [3.8, 4) is 17.1 Å². The lowest BCUT2D eigenvalue weighted by atomic mass is 9.73. The van der Waals surface area contributed by atoms with E-state index < -0.39 is 34.5 Å². The zero-order valence-corrected chi connectivity index (χ0v) is 31.7. The van der Waals surface area contributed by atoms with Gasteiger partial charge < -0.3 is 24.8 Å². The van der Waals surface area contributed by atoms with Crippen molar-refractivity contribution in [3.05, 3.63) is 96.9 Å². The predicted molar refractivity (Wildman–Crippen MR) is 198 cm³/mol. The van der Waals surface area contributed by atoms with Crippen molar-refractivity contribution >= 4 is 46.5 Å². The number of nitrogens with zero attached hydrogens (tertiary/aromatic N) is 8. The molecule has 2 aliphatic rings. The minimum absolute atomic E-state index is 0.0190. The van der Waals surface area contributed by atoms with Crippen LogP contribution in [-0.4, -0.2) is 83.0 Å². The van der Waals surface area contributed by atoms with E-state index in [2.05, 4.69) is 20.4 Å². The van der Waals surface area contributed by atoms with Crippen LogP contribution in [-0.2, 0) is 29.5 Å². The highest BCUT2D eigenvalue weighted by atomic mass is 35.5. The Morgan fingerprint density at radius 2 is 1.80 bits per heavy atom. The number of aromatic hydroxyl groups is 1. The fraction of sp³-hybridized carbons (Fsp3) is 0.378. The summed E-state index contributed by atoms with van der Waals surface area (Å²) < 4.78 is 42.7. The lowest BCUT2D eigenvalue weighted by molar-refractivity contribution is -0.137. The molecule has 288 valence electrons. The Bertz CT molecular complexity index is 2420. The summed E-state index contributed by atoms with van der Waals surface area (Å²) in [6, 6.07) is 8.02. The minimum atomic E-state index is -4.62. The zero-order valence-electron chi connectivity index (χ0n) is 30.2. The number of aryl methyl sites for hydroxylation is 1. The third-order valence-electron chi connectivity index (χ3n) is 10.4. The molecule has 5 aromatic rings. The molecule has 0 saturated carbocycles. The van der Waals surface area contributed by atoms with Crippen LogP contribution in [0.4, 0.5) is 18.9 Å². The fourth-order valence-corrected chi connectivity index (χ4v) is 8.26. The highest BCUT2D eigenvalue weighted by Crippen LogP contribution is 2.50. The minimum Gasteiger partial charge on any atom is -0.504 e. The first-order valence-electron chi connectivity index (χ1n) is 17.4. The van der Waals surface area contributed by atoms with Crippen LogP contribution in [0.1, 0.15) is 70.7 Å². The van der Waals surface area contributed by atoms with Crippen molar-refractivity contribution in [2.75, 3.05) is 32.5 Å². The second kappa shape index (κ2) is 14.2. The first-order valence-corrected chi connectivity index (χ1v) is 18.2. The molecular weight excluding hydrogens is 762 g/mol. The van der Waals surface area contributed by atoms with Crippen molar-refractivity contribution in [2.24, 2.45) is 0 Å². The number of aromatic nitrogens is 6. The predicted octanol–water partition coefficient (Wildman–Crippen LogP) is 6.07. The Kier molecular flexibility index (Phi) is 9.88. The summed E-state index contributed by atoms with van der Waals surface area (Å²) in [7, 11) is 3.84. The zero-order chi connectivity index (χ0) is 39.6. The van der Waals surface area contributed by atoms with Gasteiger partial charge in [-0.15, -0.1) is 5.10 Å². The molecule has 1 atom stereocenters. The van der Waals surface area contributed by atoms with Gasteiger partial charge in [0.2, 0.25) is 11.7 Å². The van der Waals surface area contributed by atoms with Crippen molar-refractivity contribution < 1.29 is 27.9 Å². The molecule has 13 nitrogen and oxygen atoms in total. The van der Waals surface area contributed by atoms with Gasteiger partial charge in [-0.2, -0.15) is 22.7 Å². The number of amides is 2. The molecule has 2 amide bonds. The van der Waals surface area contributed by atoms with E-state index >= 15 is 0 Å². The van der Waals surface area contributed by atoms with Crippen LogP contribution in [0, 0.1) is 6.92 Å². The molecule has 7 rings (SSSR count). The Morgan fingerprint density at radius 1 is 1.07 bits per heavy atom. The monoisotopic (exact) mass is 797 g/mol. The van der Waals surface area contributed by atoms with Crippen molar-refractivity contribution in [3.63, 3.8) is 0 Å². The Balaban J connectivity index is 1.29. The van der Waals surface area contributed by atoms with Crippen LogP contribution in [0.2, 0.25) is 10.0 Å². The van der Waals surface area contributed by atoms with Crippen molar-refractivity contribution in [2.45, 2.75) is 63.7 Å². The number of piperidine rings is 1. The highest BCUT2D eigenvalue weighted by molar-refractivity contribution is 6.33. The van der Waals surface area contributed by atoms with Gasteiger partial charge in [-0.1, -0.05) is 42.3 Å². The van der Waals surface area contributed by atoms with Crippen LogP contribution in [0.5, 0.6) is 5.75 Å². The molecule has 55 heavy (non-hydrogen) atoms. The summed E-state index contributed by atoms with van der Waals surface area (Å²) in [6.07, 6.45) is -2.06. The van der Waals surface area contributed by atoms with Crippen LogP contribution in [0.3, 0.4) is 0 Å². The first-order chi connectivity index (χ1) is 26.0. The van der Waals surface area contributed by atoms with Gasteiger partial charge in [0.05, 0.1) is 22.0 Å². The standard InChI is InChI=1S/C37H36Cl2F3N9O4/c1-19-15-36(9-11-49(12-10-36)34(55)29-31(53)20(2)43-18-44-29)28-30(19)50(17-27(52)45-26-8-7-23(14-25(26)39)37(40,41)42)35-46-32(47-51(35)33(28)54)21-5-6-22(16-48(3)4)24(38)13-21/h5-8,13-14,18-19,53H,9-12,15-17H2,1-4H3,(H,45,52)/t19-/m0/s1. The molecule has 0 radical (unpaired) electrons. The molecule has 0 bridgehead atoms. The molecule has 1 saturated heterocycles. The maximum atomic E-state index is 14.6. The average molecular weight is 799 g/mol. The number of carbonyl (C=O) groups excluding carboxylic acids is 2. The van der Waals surface area contributed by atoms with Crippen molar-refractivity contribution in [1.82, 2.24) is 38.9 Å². The van der Waals surface area contributed by atoms with Gasteiger partial charge >= 0.3 is 6.18 Å². The molecule has 18 heteroatoms. The second-order valence-corrected chi connectivity index (χ2v) is 15.2. The normalized spacial score (nSPS) is 16.6. The average Bonchev–Trinajstić information content (AvgIpc) is 3.69. The van der Waals surface area contributed by atoms with Gasteiger partial charge in [-0.05, 0) is 76.0 Å². The first kappa shape index (κ1) is 38.2. The third-order valence-corrected chi connectivity index (χ3v) is 11.0. The number of hydrogen-bond acceptors (Lipinski definition) is 9. The maximum absolute atomic E-state index is 14.6. The van der Waals surface area contributed by atoms with Gasteiger partial charge in [-0.25, -0.2) is 9.97 Å². The molecule has 2 aromatic carbocycles. The molecule has 1 aliphatic carbocycles. The van der Waals surface area contributed by atoms with E-state index in [1.165, 1.54) is 10.8 Å². The van der Waals surface area contributed by atoms with Crippen LogP contribution >= 0.6 is 23.2 Å². The largest absolute Gasteiger partial charge is 0.504 e.